The lowest BCUT2D eigenvalue weighted by molar-refractivity contribution is 0.625. The molecule has 14 heavy (non-hydrogen) atoms. The molecule has 0 radical (unpaired) electrons. The van der Waals surface area contributed by atoms with Crippen LogP contribution in [0.4, 0.5) is 13.9 Å². The minimum atomic E-state index is -4.13. The predicted octanol–water partition coefficient (Wildman–Crippen LogP) is 2.36. The van der Waals surface area contributed by atoms with E-state index in [4.69, 9.17) is 0 Å². The fraction of sp³-hybridized carbons (Fsp3) is 0.400. The summed E-state index contributed by atoms with van der Waals surface area (Å²) in [5, 5.41) is 0.227. The molecule has 1 nitrogen and oxygen atoms in total. The van der Waals surface area contributed by atoms with E-state index in [0.29, 0.717) is 0 Å². The van der Waals surface area contributed by atoms with Crippen LogP contribution in [0.2, 0.25) is 6.04 Å². The van der Waals surface area contributed by atoms with Gasteiger partial charge in [0.05, 0.1) is 0 Å². The predicted molar refractivity (Wildman–Crippen MR) is 58.9 cm³/mol. The zero-order valence-corrected chi connectivity index (χ0v) is 9.72. The van der Waals surface area contributed by atoms with E-state index >= 15 is 0 Å². The van der Waals surface area contributed by atoms with Gasteiger partial charge in [0.15, 0.2) is 0 Å². The van der Waals surface area contributed by atoms with Crippen LogP contribution < -0.4 is 10.1 Å². The molecule has 0 amide bonds. The number of halogens is 2. The van der Waals surface area contributed by atoms with Crippen molar-refractivity contribution in [2.24, 2.45) is 0 Å². The minimum absolute atomic E-state index is 0.0195. The third kappa shape index (κ3) is 2.32. The summed E-state index contributed by atoms with van der Waals surface area (Å²) < 4.78 is 26.7. The smallest absolute Gasteiger partial charge is 0.378 e. The zero-order chi connectivity index (χ0) is 10.8. The van der Waals surface area contributed by atoms with Crippen LogP contribution >= 0.6 is 0 Å². The first kappa shape index (κ1) is 11.2. The van der Waals surface area contributed by atoms with Crippen LogP contribution in [-0.4, -0.2) is 22.8 Å². The standard InChI is InChI=1S/C10H15F2NSi/c1-4-14(11,12)10-7-5-9(6-8-10)13(2)3/h5-8H,4H2,1-3H3. The van der Waals surface area contributed by atoms with Crippen molar-refractivity contribution in [3.8, 4) is 0 Å². The largest absolute Gasteiger partial charge is 0.455 e. The van der Waals surface area contributed by atoms with Gasteiger partial charge in [-0.05, 0) is 18.2 Å². The van der Waals surface area contributed by atoms with Gasteiger partial charge in [-0.15, -0.1) is 0 Å². The number of hydrogen-bond acceptors (Lipinski definition) is 1. The summed E-state index contributed by atoms with van der Waals surface area (Å²) >= 11 is 0. The fourth-order valence-electron chi connectivity index (χ4n) is 1.21. The van der Waals surface area contributed by atoms with E-state index in [0.717, 1.165) is 5.69 Å². The Balaban J connectivity index is 2.94. The highest BCUT2D eigenvalue weighted by molar-refractivity contribution is 6.79. The summed E-state index contributed by atoms with van der Waals surface area (Å²) in [6.07, 6.45) is 0. The molecule has 0 unspecified atom stereocenters. The molecule has 0 N–H and O–H groups in total. The lowest BCUT2D eigenvalue weighted by Gasteiger charge is -2.15. The van der Waals surface area contributed by atoms with Crippen LogP contribution in [0.1, 0.15) is 6.92 Å². The second kappa shape index (κ2) is 4.08. The van der Waals surface area contributed by atoms with Gasteiger partial charge in [0, 0.05) is 25.0 Å². The van der Waals surface area contributed by atoms with Gasteiger partial charge < -0.3 is 4.90 Å². The van der Waals surface area contributed by atoms with Gasteiger partial charge in [0.2, 0.25) is 0 Å². The first-order valence-corrected chi connectivity index (χ1v) is 6.59. The third-order valence-electron chi connectivity index (χ3n) is 2.25. The Kier molecular flexibility index (Phi) is 3.26. The summed E-state index contributed by atoms with van der Waals surface area (Å²) in [6, 6.07) is 6.56. The summed E-state index contributed by atoms with van der Waals surface area (Å²) in [7, 11) is -0.343. The van der Waals surface area contributed by atoms with Crippen molar-refractivity contribution in [3.05, 3.63) is 24.3 Å². The Bertz CT molecular complexity index is 295. The van der Waals surface area contributed by atoms with E-state index in [1.165, 1.54) is 0 Å². The van der Waals surface area contributed by atoms with Crippen molar-refractivity contribution in [1.29, 1.82) is 0 Å². The Labute approximate surface area is 84.7 Å². The number of hydrogen-bond donors (Lipinski definition) is 0. The van der Waals surface area contributed by atoms with Crippen molar-refractivity contribution >= 4 is 19.6 Å². The average molecular weight is 215 g/mol. The lowest BCUT2D eigenvalue weighted by Crippen LogP contribution is -2.37. The molecule has 0 fully saturated rings. The van der Waals surface area contributed by atoms with Crippen LogP contribution in [0.5, 0.6) is 0 Å². The normalized spacial score (nSPS) is 11.5. The van der Waals surface area contributed by atoms with Gasteiger partial charge in [-0.2, -0.15) is 0 Å². The molecule has 1 rings (SSSR count). The number of anilines is 1. The van der Waals surface area contributed by atoms with E-state index in [1.807, 2.05) is 19.0 Å². The van der Waals surface area contributed by atoms with E-state index < -0.39 is 8.74 Å². The second-order valence-corrected chi connectivity index (χ2v) is 6.19. The maximum Gasteiger partial charge on any atom is 0.455 e. The first-order valence-electron chi connectivity index (χ1n) is 4.63. The summed E-state index contributed by atoms with van der Waals surface area (Å²) in [6.45, 7) is 1.55. The molecule has 4 heteroatoms. The molecule has 0 saturated heterocycles. The minimum Gasteiger partial charge on any atom is -0.378 e. The van der Waals surface area contributed by atoms with E-state index in [1.54, 1.807) is 31.2 Å². The number of nitrogens with zero attached hydrogens (tertiary/aromatic N) is 1. The van der Waals surface area contributed by atoms with Gasteiger partial charge in [0.25, 0.3) is 0 Å². The van der Waals surface area contributed by atoms with Gasteiger partial charge in [-0.3, -0.25) is 8.22 Å². The molecule has 0 atom stereocenters. The molecule has 0 saturated carbocycles. The molecule has 0 spiro atoms. The molecular formula is C10H15F2NSi. The van der Waals surface area contributed by atoms with Crippen molar-refractivity contribution in [3.63, 3.8) is 0 Å². The van der Waals surface area contributed by atoms with E-state index in [9.17, 15) is 8.22 Å². The van der Waals surface area contributed by atoms with Gasteiger partial charge in [0.1, 0.15) is 0 Å². The van der Waals surface area contributed by atoms with Crippen LogP contribution in [0.25, 0.3) is 0 Å². The molecule has 0 aliphatic rings. The van der Waals surface area contributed by atoms with E-state index in [2.05, 4.69) is 0 Å². The Morgan fingerprint density at radius 2 is 1.64 bits per heavy atom. The quantitative estimate of drug-likeness (QED) is 0.552. The van der Waals surface area contributed by atoms with E-state index in [-0.39, 0.29) is 11.2 Å². The first-order chi connectivity index (χ1) is 6.47. The highest BCUT2D eigenvalue weighted by Crippen LogP contribution is 2.15. The zero-order valence-electron chi connectivity index (χ0n) is 8.72. The van der Waals surface area contributed by atoms with Crippen LogP contribution in [0.15, 0.2) is 24.3 Å². The van der Waals surface area contributed by atoms with Crippen LogP contribution in [0, 0.1) is 0 Å². The second-order valence-electron chi connectivity index (χ2n) is 3.50. The van der Waals surface area contributed by atoms with Crippen molar-refractivity contribution in [2.75, 3.05) is 19.0 Å². The van der Waals surface area contributed by atoms with Gasteiger partial charge >= 0.3 is 8.74 Å². The Morgan fingerprint density at radius 1 is 1.14 bits per heavy atom. The molecule has 78 valence electrons. The van der Waals surface area contributed by atoms with Crippen molar-refractivity contribution < 1.29 is 8.22 Å². The molecular weight excluding hydrogens is 200 g/mol. The molecule has 0 aliphatic heterocycles. The number of benzene rings is 1. The topological polar surface area (TPSA) is 3.24 Å². The van der Waals surface area contributed by atoms with Crippen molar-refractivity contribution in [1.82, 2.24) is 0 Å². The number of rotatable bonds is 3. The molecule has 0 bridgehead atoms. The SMILES string of the molecule is CC[Si](F)(F)c1ccc(N(C)C)cc1. The van der Waals surface area contributed by atoms with Gasteiger partial charge in [-0.1, -0.05) is 19.1 Å². The third-order valence-corrected chi connectivity index (χ3v) is 4.32. The lowest BCUT2D eigenvalue weighted by atomic mass is 10.3. The fourth-order valence-corrected chi connectivity index (χ4v) is 2.27. The molecule has 0 heterocycles. The monoisotopic (exact) mass is 215 g/mol. The Morgan fingerprint density at radius 3 is 2.00 bits per heavy atom. The average Bonchev–Trinajstić information content (AvgIpc) is 2.18. The van der Waals surface area contributed by atoms with Gasteiger partial charge in [-0.25, -0.2) is 0 Å². The van der Waals surface area contributed by atoms with Crippen LogP contribution in [0.3, 0.4) is 0 Å². The Hall–Kier alpha value is -0.903. The summed E-state index contributed by atoms with van der Waals surface area (Å²) in [5.74, 6) is 0. The highest BCUT2D eigenvalue weighted by atomic mass is 28.4. The molecule has 1 aromatic carbocycles. The summed E-state index contributed by atoms with van der Waals surface area (Å²) in [5.41, 5.74) is 0.953. The molecule has 0 aromatic heterocycles. The summed E-state index contributed by atoms with van der Waals surface area (Å²) in [4.78, 5) is 1.90. The maximum absolute atomic E-state index is 13.3. The highest BCUT2D eigenvalue weighted by Gasteiger charge is 2.35. The van der Waals surface area contributed by atoms with Crippen molar-refractivity contribution in [2.45, 2.75) is 13.0 Å². The van der Waals surface area contributed by atoms with Crippen LogP contribution in [-0.2, 0) is 0 Å². The molecule has 0 aliphatic carbocycles. The maximum atomic E-state index is 13.3. The molecule has 1 aromatic rings.